The van der Waals surface area contributed by atoms with Crippen molar-refractivity contribution >= 4 is 23.4 Å². The van der Waals surface area contributed by atoms with Crippen LogP contribution >= 0.6 is 0 Å². The van der Waals surface area contributed by atoms with Crippen molar-refractivity contribution in [2.24, 2.45) is 0 Å². The van der Waals surface area contributed by atoms with Crippen molar-refractivity contribution in [1.82, 2.24) is 14.7 Å². The molecule has 0 saturated carbocycles. The van der Waals surface area contributed by atoms with Crippen LogP contribution in [0.4, 0.5) is 16.3 Å². The first-order chi connectivity index (χ1) is 18.0. The number of carbonyl (C=O) groups excluding carboxylic acids is 2. The predicted molar refractivity (Wildman–Crippen MR) is 153 cm³/mol. The molecule has 8 heteroatoms. The molecule has 0 fully saturated rings. The van der Waals surface area contributed by atoms with E-state index in [0.717, 1.165) is 53.2 Å². The van der Waals surface area contributed by atoms with Crippen LogP contribution in [0.25, 0.3) is 5.69 Å². The highest BCUT2D eigenvalue weighted by Gasteiger charge is 2.23. The molecule has 8 nitrogen and oxygen atoms in total. The molecule has 2 N–H and O–H groups in total. The Bertz CT molecular complexity index is 1240. The molecule has 0 spiro atoms. The van der Waals surface area contributed by atoms with Gasteiger partial charge < -0.3 is 20.3 Å². The zero-order valence-electron chi connectivity index (χ0n) is 23.7. The smallest absolute Gasteiger partial charge is 0.322 e. The number of aromatic nitrogens is 2. The van der Waals surface area contributed by atoms with E-state index >= 15 is 0 Å². The Morgan fingerprint density at radius 2 is 1.71 bits per heavy atom. The minimum Gasteiger partial charge on any atom is -0.497 e. The number of aryl methyl sites for hydroxylation is 2. The van der Waals surface area contributed by atoms with Crippen LogP contribution in [-0.2, 0) is 10.2 Å². The van der Waals surface area contributed by atoms with Gasteiger partial charge in [-0.05, 0) is 56.2 Å². The highest BCUT2D eigenvalue weighted by atomic mass is 16.5. The number of rotatable bonds is 10. The summed E-state index contributed by atoms with van der Waals surface area (Å²) in [5.74, 6) is 1.00. The average Bonchev–Trinajstić information content (AvgIpc) is 3.29. The number of hydrogen-bond acceptors (Lipinski definition) is 4. The van der Waals surface area contributed by atoms with Crippen LogP contribution in [0.5, 0.6) is 5.75 Å². The Kier molecular flexibility index (Phi) is 9.55. The monoisotopic (exact) mass is 519 g/mol. The normalized spacial score (nSPS) is 11.2. The Hall–Kier alpha value is -3.81. The van der Waals surface area contributed by atoms with Crippen LogP contribution in [0, 0.1) is 13.8 Å². The number of nitrogens with one attached hydrogen (secondary N) is 2. The largest absolute Gasteiger partial charge is 0.497 e. The molecule has 3 rings (SSSR count). The number of unbranched alkanes of at least 4 members (excludes halogenated alkanes) is 2. The Labute approximate surface area is 226 Å². The fraction of sp³-hybridized carbons (Fsp3) is 0.433. The molecule has 1 aromatic heterocycles. The average molecular weight is 520 g/mol. The minimum atomic E-state index is -0.290. The molecule has 3 aromatic rings. The first-order valence-electron chi connectivity index (χ1n) is 13.2. The molecule has 0 unspecified atom stereocenters. The van der Waals surface area contributed by atoms with E-state index < -0.39 is 0 Å². The molecule has 204 valence electrons. The van der Waals surface area contributed by atoms with Crippen molar-refractivity contribution in [3.05, 3.63) is 65.4 Å². The number of anilines is 2. The van der Waals surface area contributed by atoms with Gasteiger partial charge in [0.25, 0.3) is 0 Å². The van der Waals surface area contributed by atoms with Gasteiger partial charge in [0, 0.05) is 23.7 Å². The van der Waals surface area contributed by atoms with Gasteiger partial charge in [0.15, 0.2) is 0 Å². The van der Waals surface area contributed by atoms with Gasteiger partial charge in [-0.2, -0.15) is 5.10 Å². The maximum Gasteiger partial charge on any atom is 0.322 e. The Morgan fingerprint density at radius 1 is 1.00 bits per heavy atom. The molecule has 38 heavy (non-hydrogen) atoms. The molecule has 0 saturated heterocycles. The van der Waals surface area contributed by atoms with Crippen LogP contribution in [0.3, 0.4) is 0 Å². The van der Waals surface area contributed by atoms with Crippen LogP contribution in [0.2, 0.25) is 0 Å². The first-order valence-corrected chi connectivity index (χ1v) is 13.2. The Morgan fingerprint density at radius 3 is 2.32 bits per heavy atom. The summed E-state index contributed by atoms with van der Waals surface area (Å²) in [5, 5.41) is 10.8. The number of nitrogens with zero attached hydrogens (tertiary/aromatic N) is 3. The number of amides is 3. The van der Waals surface area contributed by atoms with Crippen molar-refractivity contribution < 1.29 is 14.3 Å². The number of carbonyl (C=O) groups is 2. The second kappa shape index (κ2) is 12.6. The molecule has 0 radical (unpaired) electrons. The SMILES string of the molecule is CCCCCN(CC(=O)Nc1cc(C(C)(C)C)nn1-c1ccc(OC)cc1)C(=O)Nc1ccc(C)cc1C. The highest BCUT2D eigenvalue weighted by Crippen LogP contribution is 2.27. The van der Waals surface area contributed by atoms with Gasteiger partial charge >= 0.3 is 6.03 Å². The van der Waals surface area contributed by atoms with Gasteiger partial charge in [0.1, 0.15) is 18.1 Å². The van der Waals surface area contributed by atoms with Crippen LogP contribution in [0.15, 0.2) is 48.5 Å². The van der Waals surface area contributed by atoms with Gasteiger partial charge in [-0.25, -0.2) is 9.48 Å². The number of hydrogen-bond donors (Lipinski definition) is 2. The van der Waals surface area contributed by atoms with Crippen molar-refractivity contribution in [1.29, 1.82) is 0 Å². The zero-order valence-corrected chi connectivity index (χ0v) is 23.7. The van der Waals surface area contributed by atoms with E-state index in [0.29, 0.717) is 12.4 Å². The minimum absolute atomic E-state index is 0.0703. The van der Waals surface area contributed by atoms with E-state index in [9.17, 15) is 9.59 Å². The molecular formula is C30H41N5O3. The molecule has 1 heterocycles. The third-order valence-corrected chi connectivity index (χ3v) is 6.34. The molecule has 0 aliphatic heterocycles. The van der Waals surface area contributed by atoms with E-state index in [1.807, 2.05) is 62.4 Å². The van der Waals surface area contributed by atoms with Crippen molar-refractivity contribution in [2.45, 2.75) is 66.2 Å². The van der Waals surface area contributed by atoms with E-state index in [-0.39, 0.29) is 23.9 Å². The third-order valence-electron chi connectivity index (χ3n) is 6.34. The first kappa shape index (κ1) is 28.8. The zero-order chi connectivity index (χ0) is 27.9. The summed E-state index contributed by atoms with van der Waals surface area (Å²) >= 11 is 0. The van der Waals surface area contributed by atoms with Crippen molar-refractivity contribution in [3.8, 4) is 11.4 Å². The summed E-state index contributed by atoms with van der Waals surface area (Å²) in [7, 11) is 1.62. The number of methoxy groups -OCH3 is 1. The standard InChI is InChI=1S/C30H41N5O3/c1-8-9-10-17-34(29(37)31-25-16-11-21(2)18-22(25)3)20-28(36)32-27-19-26(30(4,5)6)33-35(27)23-12-14-24(38-7)15-13-23/h11-16,18-19H,8-10,17,20H2,1-7H3,(H,31,37)(H,32,36). The molecule has 2 aromatic carbocycles. The van der Waals surface area contributed by atoms with Crippen molar-refractivity contribution in [2.75, 3.05) is 30.8 Å². The van der Waals surface area contributed by atoms with Gasteiger partial charge in [-0.15, -0.1) is 0 Å². The van der Waals surface area contributed by atoms with Gasteiger partial charge in [-0.1, -0.05) is 58.2 Å². The lowest BCUT2D eigenvalue weighted by molar-refractivity contribution is -0.116. The topological polar surface area (TPSA) is 88.5 Å². The summed E-state index contributed by atoms with van der Waals surface area (Å²) < 4.78 is 7.00. The van der Waals surface area contributed by atoms with Gasteiger partial charge in [0.05, 0.1) is 18.5 Å². The lowest BCUT2D eigenvalue weighted by Gasteiger charge is -2.23. The van der Waals surface area contributed by atoms with E-state index in [1.54, 1.807) is 16.7 Å². The maximum absolute atomic E-state index is 13.3. The second-order valence-electron chi connectivity index (χ2n) is 10.7. The summed E-state index contributed by atoms with van der Waals surface area (Å²) in [4.78, 5) is 28.1. The van der Waals surface area contributed by atoms with E-state index in [2.05, 4.69) is 38.3 Å². The molecule has 3 amide bonds. The predicted octanol–water partition coefficient (Wildman–Crippen LogP) is 6.46. The Balaban J connectivity index is 1.81. The molecule has 0 aliphatic carbocycles. The van der Waals surface area contributed by atoms with Gasteiger partial charge in [-0.3, -0.25) is 4.79 Å². The van der Waals surface area contributed by atoms with Crippen LogP contribution < -0.4 is 15.4 Å². The summed E-state index contributed by atoms with van der Waals surface area (Å²) in [6, 6.07) is 15.0. The molecule has 0 aliphatic rings. The summed E-state index contributed by atoms with van der Waals surface area (Å²) in [6.45, 7) is 12.7. The second-order valence-corrected chi connectivity index (χ2v) is 10.7. The van der Waals surface area contributed by atoms with Crippen molar-refractivity contribution in [3.63, 3.8) is 0 Å². The molecular weight excluding hydrogens is 478 g/mol. The summed E-state index contributed by atoms with van der Waals surface area (Å²) in [5.41, 5.74) is 4.28. The van der Waals surface area contributed by atoms with Crippen LogP contribution in [0.1, 0.15) is 63.8 Å². The fourth-order valence-electron chi connectivity index (χ4n) is 4.07. The fourth-order valence-corrected chi connectivity index (χ4v) is 4.07. The molecule has 0 bridgehead atoms. The lowest BCUT2D eigenvalue weighted by Crippen LogP contribution is -2.41. The van der Waals surface area contributed by atoms with Gasteiger partial charge in [0.2, 0.25) is 5.91 Å². The van der Waals surface area contributed by atoms with E-state index in [4.69, 9.17) is 9.84 Å². The van der Waals surface area contributed by atoms with Crippen LogP contribution in [-0.4, -0.2) is 46.8 Å². The quantitative estimate of drug-likeness (QED) is 0.301. The lowest BCUT2D eigenvalue weighted by atomic mass is 9.92. The highest BCUT2D eigenvalue weighted by molar-refractivity contribution is 5.97. The van der Waals surface area contributed by atoms with E-state index in [1.165, 1.54) is 0 Å². The third kappa shape index (κ3) is 7.60. The molecule has 0 atom stereocenters. The number of benzene rings is 2. The number of ether oxygens (including phenoxy) is 1. The summed E-state index contributed by atoms with van der Waals surface area (Å²) in [6.07, 6.45) is 2.82. The maximum atomic E-state index is 13.3. The number of urea groups is 1.